The number of fused-ring (bicyclic) bond motifs is 1. The summed E-state index contributed by atoms with van der Waals surface area (Å²) in [5, 5.41) is 12.0. The SMILES string of the molecule is C[C@@]1(C(=O)O)CCN(C(=O)CCCc2ccc3c(c2)CC(=O)N3)C1. The number of nitrogens with zero attached hydrogens (tertiary/aromatic N) is 1. The van der Waals surface area contributed by atoms with E-state index >= 15 is 0 Å². The summed E-state index contributed by atoms with van der Waals surface area (Å²) in [6, 6.07) is 5.91. The molecule has 1 atom stereocenters. The monoisotopic (exact) mass is 330 g/mol. The van der Waals surface area contributed by atoms with Crippen LogP contribution in [0.25, 0.3) is 0 Å². The van der Waals surface area contributed by atoms with Gasteiger partial charge in [0.05, 0.1) is 11.8 Å². The molecule has 2 N–H and O–H groups in total. The molecule has 1 aromatic carbocycles. The van der Waals surface area contributed by atoms with Crippen molar-refractivity contribution in [2.24, 2.45) is 5.41 Å². The molecule has 0 saturated carbocycles. The van der Waals surface area contributed by atoms with E-state index < -0.39 is 11.4 Å². The van der Waals surface area contributed by atoms with Gasteiger partial charge in [0.15, 0.2) is 0 Å². The highest BCUT2D eigenvalue weighted by atomic mass is 16.4. The largest absolute Gasteiger partial charge is 0.481 e. The predicted molar refractivity (Wildman–Crippen MR) is 88.7 cm³/mol. The molecule has 0 aliphatic carbocycles. The van der Waals surface area contributed by atoms with Gasteiger partial charge in [0.25, 0.3) is 0 Å². The minimum absolute atomic E-state index is 0.0211. The third kappa shape index (κ3) is 3.27. The molecule has 0 radical (unpaired) electrons. The molecule has 1 fully saturated rings. The molecule has 6 heteroatoms. The number of carbonyl (C=O) groups is 3. The lowest BCUT2D eigenvalue weighted by Crippen LogP contribution is -2.34. The number of carboxylic acids is 1. The van der Waals surface area contributed by atoms with Gasteiger partial charge in [0.1, 0.15) is 0 Å². The number of amides is 2. The molecule has 0 unspecified atom stereocenters. The maximum absolute atomic E-state index is 12.3. The molecule has 2 heterocycles. The number of benzene rings is 1. The number of carbonyl (C=O) groups excluding carboxylic acids is 2. The first kappa shape index (κ1) is 16.5. The highest BCUT2D eigenvalue weighted by Crippen LogP contribution is 2.30. The smallest absolute Gasteiger partial charge is 0.311 e. The summed E-state index contributed by atoms with van der Waals surface area (Å²) in [6.07, 6.45) is 2.85. The van der Waals surface area contributed by atoms with E-state index in [9.17, 15) is 19.5 Å². The highest BCUT2D eigenvalue weighted by Gasteiger charge is 2.41. The van der Waals surface area contributed by atoms with E-state index in [-0.39, 0.29) is 11.8 Å². The lowest BCUT2D eigenvalue weighted by molar-refractivity contribution is -0.147. The molecule has 0 bridgehead atoms. The van der Waals surface area contributed by atoms with E-state index in [0.717, 1.165) is 29.7 Å². The number of likely N-dealkylation sites (tertiary alicyclic amines) is 1. The van der Waals surface area contributed by atoms with E-state index in [2.05, 4.69) is 5.32 Å². The van der Waals surface area contributed by atoms with Crippen molar-refractivity contribution in [1.29, 1.82) is 0 Å². The van der Waals surface area contributed by atoms with Crippen LogP contribution in [-0.4, -0.2) is 40.9 Å². The maximum Gasteiger partial charge on any atom is 0.311 e. The van der Waals surface area contributed by atoms with Gasteiger partial charge in [0, 0.05) is 25.2 Å². The standard InChI is InChI=1S/C18H22N2O4/c1-18(17(23)24)7-8-20(11-18)16(22)4-2-3-12-5-6-14-13(9-12)10-15(21)19-14/h5-6,9H,2-4,7-8,10-11H2,1H3,(H,19,21)(H,23,24)/t18-/m1/s1. The van der Waals surface area contributed by atoms with Crippen molar-refractivity contribution >= 4 is 23.5 Å². The van der Waals surface area contributed by atoms with Gasteiger partial charge in [-0.15, -0.1) is 0 Å². The van der Waals surface area contributed by atoms with Crippen molar-refractivity contribution in [2.75, 3.05) is 18.4 Å². The third-order valence-electron chi connectivity index (χ3n) is 4.99. The Morgan fingerprint density at radius 2 is 2.17 bits per heavy atom. The second kappa shape index (κ2) is 6.26. The van der Waals surface area contributed by atoms with Gasteiger partial charge in [-0.3, -0.25) is 14.4 Å². The predicted octanol–water partition coefficient (Wildman–Crippen LogP) is 1.83. The average molecular weight is 330 g/mol. The van der Waals surface area contributed by atoms with Gasteiger partial charge in [0.2, 0.25) is 11.8 Å². The van der Waals surface area contributed by atoms with Crippen LogP contribution in [0.15, 0.2) is 18.2 Å². The van der Waals surface area contributed by atoms with Crippen LogP contribution in [0.3, 0.4) is 0 Å². The number of rotatable bonds is 5. The first-order valence-corrected chi connectivity index (χ1v) is 8.30. The van der Waals surface area contributed by atoms with E-state index in [1.54, 1.807) is 11.8 Å². The summed E-state index contributed by atoms with van der Waals surface area (Å²) < 4.78 is 0. The van der Waals surface area contributed by atoms with Crippen LogP contribution in [0, 0.1) is 5.41 Å². The van der Waals surface area contributed by atoms with Gasteiger partial charge < -0.3 is 15.3 Å². The highest BCUT2D eigenvalue weighted by molar-refractivity contribution is 5.99. The van der Waals surface area contributed by atoms with E-state index in [1.807, 2.05) is 18.2 Å². The summed E-state index contributed by atoms with van der Waals surface area (Å²) in [6.45, 7) is 2.52. The van der Waals surface area contributed by atoms with Crippen molar-refractivity contribution in [3.63, 3.8) is 0 Å². The minimum Gasteiger partial charge on any atom is -0.481 e. The lowest BCUT2D eigenvalue weighted by atomic mass is 9.90. The molecule has 2 amide bonds. The minimum atomic E-state index is -0.834. The third-order valence-corrected chi connectivity index (χ3v) is 4.99. The van der Waals surface area contributed by atoms with Crippen LogP contribution >= 0.6 is 0 Å². The maximum atomic E-state index is 12.3. The zero-order valence-electron chi connectivity index (χ0n) is 13.8. The van der Waals surface area contributed by atoms with Crippen molar-refractivity contribution in [3.8, 4) is 0 Å². The van der Waals surface area contributed by atoms with Crippen molar-refractivity contribution in [2.45, 2.75) is 39.0 Å². The molecule has 6 nitrogen and oxygen atoms in total. The zero-order chi connectivity index (χ0) is 17.3. The number of hydrogen-bond acceptors (Lipinski definition) is 3. The second-order valence-electron chi connectivity index (χ2n) is 7.00. The molecule has 1 saturated heterocycles. The number of carboxylic acid groups (broad SMARTS) is 1. The first-order valence-electron chi connectivity index (χ1n) is 8.30. The summed E-state index contributed by atoms with van der Waals surface area (Å²) in [5.41, 5.74) is 2.20. The van der Waals surface area contributed by atoms with Gasteiger partial charge in [-0.05, 0) is 43.4 Å². The fourth-order valence-corrected chi connectivity index (χ4v) is 3.39. The lowest BCUT2D eigenvalue weighted by Gasteiger charge is -2.20. The van der Waals surface area contributed by atoms with Gasteiger partial charge in [-0.25, -0.2) is 0 Å². The molecule has 2 aliphatic heterocycles. The molecule has 24 heavy (non-hydrogen) atoms. The molecular formula is C18H22N2O4. The van der Waals surface area contributed by atoms with Crippen LogP contribution < -0.4 is 5.32 Å². The van der Waals surface area contributed by atoms with E-state index in [4.69, 9.17) is 0 Å². The zero-order valence-corrected chi connectivity index (χ0v) is 13.8. The molecule has 1 aromatic rings. The molecule has 128 valence electrons. The van der Waals surface area contributed by atoms with E-state index in [1.165, 1.54) is 0 Å². The second-order valence-corrected chi connectivity index (χ2v) is 7.00. The Hall–Kier alpha value is -2.37. The Morgan fingerprint density at radius 1 is 1.38 bits per heavy atom. The fourth-order valence-electron chi connectivity index (χ4n) is 3.39. The molecular weight excluding hydrogens is 308 g/mol. The number of aryl methyl sites for hydroxylation is 1. The fraction of sp³-hybridized carbons (Fsp3) is 0.500. The Kier molecular flexibility index (Phi) is 4.30. The number of nitrogens with one attached hydrogen (secondary N) is 1. The first-order chi connectivity index (χ1) is 11.4. The van der Waals surface area contributed by atoms with Crippen molar-refractivity contribution in [1.82, 2.24) is 4.90 Å². The summed E-state index contributed by atoms with van der Waals surface area (Å²) in [7, 11) is 0. The number of hydrogen-bond donors (Lipinski definition) is 2. The van der Waals surface area contributed by atoms with Gasteiger partial charge in [-0.1, -0.05) is 12.1 Å². The van der Waals surface area contributed by atoms with Gasteiger partial charge >= 0.3 is 5.97 Å². The van der Waals surface area contributed by atoms with Crippen LogP contribution in [0.5, 0.6) is 0 Å². The Labute approximate surface area is 140 Å². The normalized spacial score (nSPS) is 22.4. The summed E-state index contributed by atoms with van der Waals surface area (Å²) in [4.78, 5) is 36.5. The quantitative estimate of drug-likeness (QED) is 0.862. The van der Waals surface area contributed by atoms with Crippen LogP contribution in [0.1, 0.15) is 37.3 Å². The number of anilines is 1. The van der Waals surface area contributed by atoms with Crippen molar-refractivity contribution in [3.05, 3.63) is 29.3 Å². The van der Waals surface area contributed by atoms with Crippen LogP contribution in [0.4, 0.5) is 5.69 Å². The van der Waals surface area contributed by atoms with Crippen molar-refractivity contribution < 1.29 is 19.5 Å². The Morgan fingerprint density at radius 3 is 2.88 bits per heavy atom. The van der Waals surface area contributed by atoms with Crippen LogP contribution in [-0.2, 0) is 27.2 Å². The molecule has 2 aliphatic rings. The molecule has 0 spiro atoms. The van der Waals surface area contributed by atoms with Crippen LogP contribution in [0.2, 0.25) is 0 Å². The average Bonchev–Trinajstić information content (AvgIpc) is 3.10. The summed E-state index contributed by atoms with van der Waals surface area (Å²) >= 11 is 0. The number of aliphatic carboxylic acids is 1. The topological polar surface area (TPSA) is 86.7 Å². The summed E-state index contributed by atoms with van der Waals surface area (Å²) in [5.74, 6) is -0.787. The Balaban J connectivity index is 1.49. The molecule has 3 rings (SSSR count). The molecule has 0 aromatic heterocycles. The van der Waals surface area contributed by atoms with E-state index in [0.29, 0.717) is 32.4 Å². The Bertz CT molecular complexity index is 700. The van der Waals surface area contributed by atoms with Gasteiger partial charge in [-0.2, -0.15) is 0 Å².